The molecule has 0 atom stereocenters. The Kier molecular flexibility index (Phi) is 6.01. The lowest BCUT2D eigenvalue weighted by atomic mass is 9.91. The largest absolute Gasteiger partial charge is 0.328 e. The minimum atomic E-state index is 0.0525. The van der Waals surface area contributed by atoms with Crippen molar-refractivity contribution in [1.82, 2.24) is 4.90 Å². The molecule has 0 aliphatic heterocycles. The summed E-state index contributed by atoms with van der Waals surface area (Å²) in [4.78, 5) is 14.3. The maximum absolute atomic E-state index is 12.2. The van der Waals surface area contributed by atoms with E-state index in [0.29, 0.717) is 18.6 Å². The van der Waals surface area contributed by atoms with Crippen LogP contribution in [0.15, 0.2) is 18.2 Å². The van der Waals surface area contributed by atoms with Crippen molar-refractivity contribution in [3.8, 4) is 0 Å². The van der Waals surface area contributed by atoms with Gasteiger partial charge in [-0.05, 0) is 86.0 Å². The topological polar surface area (TPSA) is 58.4 Å². The summed E-state index contributed by atoms with van der Waals surface area (Å²) in [7, 11) is 2.03. The number of nitrogens with zero attached hydrogens (tertiary/aromatic N) is 1. The Balaban J connectivity index is 1.86. The second kappa shape index (κ2) is 7.56. The van der Waals surface area contributed by atoms with E-state index in [2.05, 4.69) is 38.9 Å². The summed E-state index contributed by atoms with van der Waals surface area (Å²) in [6.45, 7) is 2.45. The van der Waals surface area contributed by atoms with Crippen molar-refractivity contribution in [3.63, 3.8) is 0 Å². The molecule has 1 aromatic carbocycles. The number of rotatable bonds is 4. The van der Waals surface area contributed by atoms with Gasteiger partial charge < -0.3 is 11.1 Å². The van der Waals surface area contributed by atoms with Gasteiger partial charge in [0.15, 0.2) is 0 Å². The molecule has 1 aromatic rings. The van der Waals surface area contributed by atoms with Gasteiger partial charge in [0.1, 0.15) is 0 Å². The molecule has 1 fully saturated rings. The number of hydrogen-bond donors (Lipinski definition) is 2. The molecule has 0 bridgehead atoms. The van der Waals surface area contributed by atoms with Gasteiger partial charge in [-0.3, -0.25) is 9.69 Å². The van der Waals surface area contributed by atoms with Crippen LogP contribution in [0.25, 0.3) is 0 Å². The molecule has 0 aromatic heterocycles. The molecule has 1 aliphatic carbocycles. The number of carbonyl (C=O) groups is 1. The SMILES string of the molecule is Cc1cc(I)ccc1NC(=O)CN(C)C1CCC(N)CC1. The third kappa shape index (κ3) is 4.93. The monoisotopic (exact) mass is 401 g/mol. The van der Waals surface area contributed by atoms with E-state index in [1.165, 1.54) is 3.57 Å². The van der Waals surface area contributed by atoms with E-state index in [4.69, 9.17) is 5.73 Å². The van der Waals surface area contributed by atoms with Crippen LogP contribution < -0.4 is 11.1 Å². The second-order valence-electron chi connectivity index (χ2n) is 5.99. The Hall–Kier alpha value is -0.660. The summed E-state index contributed by atoms with van der Waals surface area (Å²) >= 11 is 2.28. The number of hydrogen-bond acceptors (Lipinski definition) is 3. The molecule has 1 saturated carbocycles. The van der Waals surface area contributed by atoms with E-state index in [1.807, 2.05) is 26.1 Å². The minimum Gasteiger partial charge on any atom is -0.328 e. The highest BCUT2D eigenvalue weighted by atomic mass is 127. The minimum absolute atomic E-state index is 0.0525. The Bertz CT molecular complexity index is 498. The molecule has 0 radical (unpaired) electrons. The first-order valence-electron chi connectivity index (χ1n) is 7.47. The molecule has 2 rings (SSSR count). The zero-order valence-corrected chi connectivity index (χ0v) is 14.9. The predicted octanol–water partition coefficient (Wildman–Crippen LogP) is 2.74. The fraction of sp³-hybridized carbons (Fsp3) is 0.562. The quantitative estimate of drug-likeness (QED) is 0.763. The fourth-order valence-corrected chi connectivity index (χ4v) is 3.50. The van der Waals surface area contributed by atoms with Crippen LogP contribution in [-0.4, -0.2) is 36.5 Å². The number of anilines is 1. The van der Waals surface area contributed by atoms with E-state index in [-0.39, 0.29) is 5.91 Å². The molecule has 1 aliphatic rings. The number of aryl methyl sites for hydroxylation is 1. The van der Waals surface area contributed by atoms with Gasteiger partial charge in [0.2, 0.25) is 5.91 Å². The summed E-state index contributed by atoms with van der Waals surface area (Å²) in [6.07, 6.45) is 4.31. The smallest absolute Gasteiger partial charge is 0.238 e. The maximum Gasteiger partial charge on any atom is 0.238 e. The van der Waals surface area contributed by atoms with Crippen molar-refractivity contribution in [2.75, 3.05) is 18.9 Å². The van der Waals surface area contributed by atoms with Gasteiger partial charge >= 0.3 is 0 Å². The number of likely N-dealkylation sites (N-methyl/N-ethyl adjacent to an activating group) is 1. The second-order valence-corrected chi connectivity index (χ2v) is 7.24. The molecule has 4 nitrogen and oxygen atoms in total. The third-order valence-electron chi connectivity index (χ3n) is 4.22. The van der Waals surface area contributed by atoms with Crippen LogP contribution >= 0.6 is 22.6 Å². The van der Waals surface area contributed by atoms with Crippen molar-refractivity contribution < 1.29 is 4.79 Å². The van der Waals surface area contributed by atoms with Crippen LogP contribution in [0, 0.1) is 10.5 Å². The van der Waals surface area contributed by atoms with Crippen LogP contribution in [0.2, 0.25) is 0 Å². The van der Waals surface area contributed by atoms with E-state index in [9.17, 15) is 4.79 Å². The third-order valence-corrected chi connectivity index (χ3v) is 4.89. The first kappa shape index (κ1) is 16.7. The van der Waals surface area contributed by atoms with E-state index < -0.39 is 0 Å². The van der Waals surface area contributed by atoms with Crippen molar-refractivity contribution in [1.29, 1.82) is 0 Å². The molecule has 0 unspecified atom stereocenters. The molecule has 0 saturated heterocycles. The van der Waals surface area contributed by atoms with Crippen LogP contribution in [-0.2, 0) is 4.79 Å². The number of amides is 1. The number of benzene rings is 1. The predicted molar refractivity (Wildman–Crippen MR) is 95.4 cm³/mol. The Morgan fingerprint density at radius 3 is 2.67 bits per heavy atom. The van der Waals surface area contributed by atoms with Gasteiger partial charge in [0, 0.05) is 21.3 Å². The van der Waals surface area contributed by atoms with Crippen LogP contribution in [0.5, 0.6) is 0 Å². The van der Waals surface area contributed by atoms with Crippen molar-refractivity contribution in [3.05, 3.63) is 27.3 Å². The molecule has 1 amide bonds. The molecule has 21 heavy (non-hydrogen) atoms. The molecule has 5 heteroatoms. The average Bonchev–Trinajstić information content (AvgIpc) is 2.42. The highest BCUT2D eigenvalue weighted by molar-refractivity contribution is 14.1. The normalized spacial score (nSPS) is 22.3. The first-order valence-corrected chi connectivity index (χ1v) is 8.55. The zero-order valence-electron chi connectivity index (χ0n) is 12.7. The van der Waals surface area contributed by atoms with Gasteiger partial charge in [-0.25, -0.2) is 0 Å². The lowest BCUT2D eigenvalue weighted by Gasteiger charge is -2.33. The standard InChI is InChI=1S/C16H24IN3O/c1-11-9-12(17)3-8-15(11)19-16(21)10-20(2)14-6-4-13(18)5-7-14/h3,8-9,13-14H,4-7,10,18H2,1-2H3,(H,19,21). The molecule has 3 N–H and O–H groups in total. The maximum atomic E-state index is 12.2. The molecule has 0 spiro atoms. The summed E-state index contributed by atoms with van der Waals surface area (Å²) < 4.78 is 1.18. The Morgan fingerprint density at radius 2 is 2.05 bits per heavy atom. The van der Waals surface area contributed by atoms with Gasteiger partial charge in [-0.15, -0.1) is 0 Å². The number of nitrogens with two attached hydrogens (primary N) is 1. The van der Waals surface area contributed by atoms with Gasteiger partial charge in [0.25, 0.3) is 0 Å². The van der Waals surface area contributed by atoms with E-state index in [1.54, 1.807) is 0 Å². The zero-order chi connectivity index (χ0) is 15.4. The van der Waals surface area contributed by atoms with Gasteiger partial charge in [-0.2, -0.15) is 0 Å². The lowest BCUT2D eigenvalue weighted by Crippen LogP contribution is -2.42. The summed E-state index contributed by atoms with van der Waals surface area (Å²) in [5.74, 6) is 0.0525. The van der Waals surface area contributed by atoms with Crippen molar-refractivity contribution in [2.24, 2.45) is 5.73 Å². The highest BCUT2D eigenvalue weighted by Gasteiger charge is 2.23. The fourth-order valence-electron chi connectivity index (χ4n) is 2.86. The van der Waals surface area contributed by atoms with Gasteiger partial charge in [-0.1, -0.05) is 0 Å². The number of halogens is 1. The summed E-state index contributed by atoms with van der Waals surface area (Å²) in [6, 6.07) is 6.87. The average molecular weight is 401 g/mol. The lowest BCUT2D eigenvalue weighted by molar-refractivity contribution is -0.117. The Morgan fingerprint density at radius 1 is 1.38 bits per heavy atom. The number of carbonyl (C=O) groups excluding carboxylic acids is 1. The van der Waals surface area contributed by atoms with E-state index in [0.717, 1.165) is 36.9 Å². The van der Waals surface area contributed by atoms with E-state index >= 15 is 0 Å². The van der Waals surface area contributed by atoms with Crippen LogP contribution in [0.4, 0.5) is 5.69 Å². The first-order chi connectivity index (χ1) is 9.95. The Labute approximate surface area is 140 Å². The molecule has 116 valence electrons. The van der Waals surface area contributed by atoms with Gasteiger partial charge in [0.05, 0.1) is 6.54 Å². The van der Waals surface area contributed by atoms with Crippen molar-refractivity contribution >= 4 is 34.2 Å². The number of nitrogens with one attached hydrogen (secondary N) is 1. The van der Waals surface area contributed by atoms with Crippen LogP contribution in [0.3, 0.4) is 0 Å². The molecular formula is C16H24IN3O. The van der Waals surface area contributed by atoms with Crippen molar-refractivity contribution in [2.45, 2.75) is 44.7 Å². The molecular weight excluding hydrogens is 377 g/mol. The summed E-state index contributed by atoms with van der Waals surface area (Å²) in [5, 5.41) is 3.01. The highest BCUT2D eigenvalue weighted by Crippen LogP contribution is 2.21. The molecule has 0 heterocycles. The summed E-state index contributed by atoms with van der Waals surface area (Å²) in [5.41, 5.74) is 7.93. The van der Waals surface area contributed by atoms with Crippen LogP contribution in [0.1, 0.15) is 31.2 Å².